The maximum Gasteiger partial charge on any atom is 0.313 e. The van der Waals surface area contributed by atoms with Crippen molar-refractivity contribution >= 4 is 29.0 Å². The Labute approximate surface area is 161 Å². The topological polar surface area (TPSA) is 83.9 Å². The molecule has 142 valence electrons. The highest BCUT2D eigenvalue weighted by atomic mass is 32.1. The van der Waals surface area contributed by atoms with E-state index < -0.39 is 11.4 Å². The fourth-order valence-corrected chi connectivity index (χ4v) is 4.19. The Balaban J connectivity index is 1.90. The van der Waals surface area contributed by atoms with Gasteiger partial charge in [0.25, 0.3) is 5.91 Å². The fourth-order valence-electron chi connectivity index (χ4n) is 3.51. The molecular weight excluding hydrogens is 366 g/mol. The number of amides is 1. The number of nitrogens with zero attached hydrogens (tertiary/aromatic N) is 1. The minimum atomic E-state index is -1.12. The Bertz CT molecular complexity index is 844. The van der Waals surface area contributed by atoms with Gasteiger partial charge in [0.05, 0.1) is 17.0 Å². The van der Waals surface area contributed by atoms with Crippen molar-refractivity contribution in [2.24, 2.45) is 5.41 Å². The standard InChI is InChI=1S/C20H21NO5S/c1-26-13-20(19(24)25)9-5-10-21(12-20)18(23)15-7-3-2-6-14(15)17(22)16-8-4-11-27-16/h2-4,6-8,11H,5,9-10,12-13H2,1H3,(H,24,25). The van der Waals surface area contributed by atoms with Gasteiger partial charge in [-0.25, -0.2) is 0 Å². The van der Waals surface area contributed by atoms with Crippen LogP contribution in [0.3, 0.4) is 0 Å². The van der Waals surface area contributed by atoms with Gasteiger partial charge in [-0.1, -0.05) is 24.3 Å². The third kappa shape index (κ3) is 3.79. The van der Waals surface area contributed by atoms with Gasteiger partial charge < -0.3 is 14.7 Å². The summed E-state index contributed by atoms with van der Waals surface area (Å²) in [5.41, 5.74) is -0.479. The van der Waals surface area contributed by atoms with Crippen molar-refractivity contribution in [3.8, 4) is 0 Å². The Morgan fingerprint density at radius 1 is 1.19 bits per heavy atom. The van der Waals surface area contributed by atoms with E-state index in [4.69, 9.17) is 4.74 Å². The number of carboxylic acid groups (broad SMARTS) is 1. The zero-order valence-electron chi connectivity index (χ0n) is 15.0. The Kier molecular flexibility index (Phi) is 5.72. The van der Waals surface area contributed by atoms with E-state index in [1.54, 1.807) is 36.4 Å². The molecule has 1 unspecified atom stereocenters. The Hall–Kier alpha value is -2.51. The third-order valence-corrected chi connectivity index (χ3v) is 5.75. The minimum absolute atomic E-state index is 0.0435. The molecule has 2 aromatic rings. The summed E-state index contributed by atoms with van der Waals surface area (Å²) in [6, 6.07) is 10.2. The molecule has 1 fully saturated rings. The largest absolute Gasteiger partial charge is 0.481 e. The lowest BCUT2D eigenvalue weighted by molar-refractivity contribution is -0.155. The Morgan fingerprint density at radius 2 is 1.93 bits per heavy atom. The van der Waals surface area contributed by atoms with Crippen LogP contribution in [0.4, 0.5) is 0 Å². The number of carboxylic acids is 1. The number of thiophene rings is 1. The van der Waals surface area contributed by atoms with Crippen LogP contribution in [-0.4, -0.2) is 54.5 Å². The molecule has 0 saturated carbocycles. The molecule has 0 spiro atoms. The van der Waals surface area contributed by atoms with E-state index in [1.165, 1.54) is 23.3 Å². The van der Waals surface area contributed by atoms with Crippen molar-refractivity contribution in [2.75, 3.05) is 26.8 Å². The first-order valence-electron chi connectivity index (χ1n) is 8.67. The van der Waals surface area contributed by atoms with Gasteiger partial charge in [0, 0.05) is 25.8 Å². The molecule has 1 amide bonds. The predicted octanol–water partition coefficient (Wildman–Crippen LogP) is 2.93. The highest BCUT2D eigenvalue weighted by molar-refractivity contribution is 7.12. The van der Waals surface area contributed by atoms with Crippen molar-refractivity contribution in [1.82, 2.24) is 4.90 Å². The zero-order valence-corrected chi connectivity index (χ0v) is 15.8. The second-order valence-electron chi connectivity index (χ2n) is 6.70. The van der Waals surface area contributed by atoms with E-state index in [0.717, 1.165) is 0 Å². The molecular formula is C20H21NO5S. The number of benzene rings is 1. The predicted molar refractivity (Wildman–Crippen MR) is 101 cm³/mol. The van der Waals surface area contributed by atoms with E-state index in [1.807, 2.05) is 5.38 Å². The van der Waals surface area contributed by atoms with E-state index in [0.29, 0.717) is 35.4 Å². The number of carbonyl (C=O) groups is 3. The molecule has 27 heavy (non-hydrogen) atoms. The average Bonchev–Trinajstić information content (AvgIpc) is 3.22. The summed E-state index contributed by atoms with van der Waals surface area (Å²) in [5, 5.41) is 11.5. The number of ether oxygens (including phenoxy) is 1. The first-order chi connectivity index (χ1) is 13.0. The van der Waals surface area contributed by atoms with Crippen LogP contribution in [0, 0.1) is 5.41 Å². The number of likely N-dealkylation sites (tertiary alicyclic amines) is 1. The van der Waals surface area contributed by atoms with Crippen LogP contribution in [0.5, 0.6) is 0 Å². The molecule has 0 radical (unpaired) electrons. The van der Waals surface area contributed by atoms with Gasteiger partial charge in [-0.2, -0.15) is 0 Å². The second-order valence-corrected chi connectivity index (χ2v) is 7.65. The summed E-state index contributed by atoms with van der Waals surface area (Å²) in [4.78, 5) is 39.9. The van der Waals surface area contributed by atoms with Crippen LogP contribution >= 0.6 is 11.3 Å². The maximum atomic E-state index is 13.2. The van der Waals surface area contributed by atoms with Crippen LogP contribution in [-0.2, 0) is 9.53 Å². The number of piperidine rings is 1. The van der Waals surface area contributed by atoms with Crippen LogP contribution in [0.1, 0.15) is 38.4 Å². The molecule has 1 aromatic carbocycles. The SMILES string of the molecule is COCC1(C(=O)O)CCCN(C(=O)c2ccccc2C(=O)c2cccs2)C1. The summed E-state index contributed by atoms with van der Waals surface area (Å²) in [6.07, 6.45) is 1.03. The van der Waals surface area contributed by atoms with E-state index in [2.05, 4.69) is 0 Å². The van der Waals surface area contributed by atoms with Crippen molar-refractivity contribution in [1.29, 1.82) is 0 Å². The molecule has 1 N–H and O–H groups in total. The molecule has 0 aliphatic carbocycles. The summed E-state index contributed by atoms with van der Waals surface area (Å²) >= 11 is 1.32. The van der Waals surface area contributed by atoms with Gasteiger partial charge >= 0.3 is 5.97 Å². The van der Waals surface area contributed by atoms with Gasteiger partial charge in [0.2, 0.25) is 5.78 Å². The number of hydrogen-bond donors (Lipinski definition) is 1. The van der Waals surface area contributed by atoms with Crippen LogP contribution < -0.4 is 0 Å². The quantitative estimate of drug-likeness (QED) is 0.771. The highest BCUT2D eigenvalue weighted by Gasteiger charge is 2.44. The van der Waals surface area contributed by atoms with Crippen LogP contribution in [0.25, 0.3) is 0 Å². The van der Waals surface area contributed by atoms with E-state index >= 15 is 0 Å². The van der Waals surface area contributed by atoms with Gasteiger partial charge in [0.15, 0.2) is 0 Å². The lowest BCUT2D eigenvalue weighted by atomic mass is 9.80. The number of methoxy groups -OCH3 is 1. The molecule has 1 aliphatic heterocycles. The first kappa shape index (κ1) is 19.3. The van der Waals surface area contributed by atoms with Gasteiger partial charge in [-0.3, -0.25) is 14.4 Å². The Morgan fingerprint density at radius 3 is 2.56 bits per heavy atom. The minimum Gasteiger partial charge on any atom is -0.481 e. The third-order valence-electron chi connectivity index (χ3n) is 4.89. The van der Waals surface area contributed by atoms with Crippen molar-refractivity contribution in [3.05, 3.63) is 57.8 Å². The van der Waals surface area contributed by atoms with E-state index in [-0.39, 0.29) is 24.8 Å². The number of rotatable bonds is 6. The molecule has 0 bridgehead atoms. The van der Waals surface area contributed by atoms with Crippen LogP contribution in [0.15, 0.2) is 41.8 Å². The summed E-state index contributed by atoms with van der Waals surface area (Å²) in [7, 11) is 1.46. The van der Waals surface area contributed by atoms with Crippen molar-refractivity contribution in [3.63, 3.8) is 0 Å². The fraction of sp³-hybridized carbons (Fsp3) is 0.350. The number of hydrogen-bond acceptors (Lipinski definition) is 5. The molecule has 2 heterocycles. The summed E-state index contributed by atoms with van der Waals surface area (Å²) in [5.74, 6) is -1.49. The van der Waals surface area contributed by atoms with Crippen LogP contribution in [0.2, 0.25) is 0 Å². The second kappa shape index (κ2) is 8.02. The number of ketones is 1. The van der Waals surface area contributed by atoms with Gasteiger partial charge in [-0.05, 0) is 30.4 Å². The molecule has 1 aromatic heterocycles. The lowest BCUT2D eigenvalue weighted by Gasteiger charge is -2.39. The van der Waals surface area contributed by atoms with Gasteiger partial charge in [-0.15, -0.1) is 11.3 Å². The highest BCUT2D eigenvalue weighted by Crippen LogP contribution is 2.32. The molecule has 3 rings (SSSR count). The maximum absolute atomic E-state index is 13.2. The van der Waals surface area contributed by atoms with Crippen molar-refractivity contribution in [2.45, 2.75) is 12.8 Å². The number of carbonyl (C=O) groups excluding carboxylic acids is 2. The normalized spacial score (nSPS) is 19.7. The molecule has 7 heteroatoms. The van der Waals surface area contributed by atoms with Gasteiger partial charge in [0.1, 0.15) is 5.41 Å². The number of aliphatic carboxylic acids is 1. The summed E-state index contributed by atoms with van der Waals surface area (Å²) in [6.45, 7) is 0.567. The summed E-state index contributed by atoms with van der Waals surface area (Å²) < 4.78 is 5.12. The van der Waals surface area contributed by atoms with E-state index in [9.17, 15) is 19.5 Å². The molecule has 1 saturated heterocycles. The molecule has 6 nitrogen and oxygen atoms in total. The average molecular weight is 387 g/mol. The molecule has 1 aliphatic rings. The zero-order chi connectivity index (χ0) is 19.4. The lowest BCUT2D eigenvalue weighted by Crippen LogP contribution is -2.52. The smallest absolute Gasteiger partial charge is 0.313 e. The first-order valence-corrected chi connectivity index (χ1v) is 9.55. The monoisotopic (exact) mass is 387 g/mol. The van der Waals surface area contributed by atoms with Crippen molar-refractivity contribution < 1.29 is 24.2 Å². The molecule has 1 atom stereocenters.